The molecule has 2 heterocycles. The Kier molecular flexibility index (Phi) is 5.45. The van der Waals surface area contributed by atoms with Crippen LogP contribution in [0.25, 0.3) is 5.69 Å². The van der Waals surface area contributed by atoms with E-state index in [1.165, 1.54) is 0 Å². The molecule has 0 aliphatic carbocycles. The van der Waals surface area contributed by atoms with E-state index < -0.39 is 0 Å². The Hall–Kier alpha value is -2.31. The van der Waals surface area contributed by atoms with Gasteiger partial charge in [0.2, 0.25) is 0 Å². The van der Waals surface area contributed by atoms with Crippen molar-refractivity contribution in [3.8, 4) is 5.69 Å². The maximum absolute atomic E-state index is 12.4. The largest absolute Gasteiger partial charge is 0.339 e. The molecule has 138 valence electrons. The Labute approximate surface area is 167 Å². The molecule has 0 radical (unpaired) electrons. The lowest BCUT2D eigenvalue weighted by molar-refractivity contribution is 0.0793. The molecule has 0 saturated carbocycles. The van der Waals surface area contributed by atoms with Gasteiger partial charge in [0, 0.05) is 29.4 Å². The van der Waals surface area contributed by atoms with Crippen LogP contribution in [0.2, 0.25) is 5.02 Å². The van der Waals surface area contributed by atoms with Crippen LogP contribution in [0.4, 0.5) is 0 Å². The molecule has 2 aromatic carbocycles. The molecule has 0 unspecified atom stereocenters. The summed E-state index contributed by atoms with van der Waals surface area (Å²) in [6.45, 7) is 1.74. The molecule has 0 atom stereocenters. The monoisotopic (exact) mass is 398 g/mol. The van der Waals surface area contributed by atoms with Crippen molar-refractivity contribution in [2.45, 2.75) is 23.8 Å². The van der Waals surface area contributed by atoms with E-state index in [0.29, 0.717) is 5.02 Å². The molecule has 5 nitrogen and oxygen atoms in total. The van der Waals surface area contributed by atoms with Crippen molar-refractivity contribution in [2.24, 2.45) is 0 Å². The van der Waals surface area contributed by atoms with Gasteiger partial charge in [-0.3, -0.25) is 9.36 Å². The van der Waals surface area contributed by atoms with Crippen molar-refractivity contribution in [3.05, 3.63) is 71.0 Å². The molecule has 1 saturated heterocycles. The van der Waals surface area contributed by atoms with Crippen LogP contribution in [0.15, 0.2) is 60.0 Å². The summed E-state index contributed by atoms with van der Waals surface area (Å²) in [6.07, 6.45) is 3.90. The number of halogens is 1. The van der Waals surface area contributed by atoms with E-state index in [-0.39, 0.29) is 5.91 Å². The van der Waals surface area contributed by atoms with Crippen molar-refractivity contribution >= 4 is 29.3 Å². The molecule has 0 N–H and O–H groups in total. The first-order valence-electron chi connectivity index (χ1n) is 8.88. The van der Waals surface area contributed by atoms with Gasteiger partial charge in [-0.15, -0.1) is 10.2 Å². The molecule has 1 aromatic heterocycles. The van der Waals surface area contributed by atoms with E-state index >= 15 is 0 Å². The van der Waals surface area contributed by atoms with Crippen LogP contribution in [0.3, 0.4) is 0 Å². The molecule has 4 rings (SSSR count). The number of amides is 1. The number of hydrogen-bond donors (Lipinski definition) is 0. The van der Waals surface area contributed by atoms with Crippen molar-refractivity contribution < 1.29 is 4.79 Å². The number of likely N-dealkylation sites (tertiary alicyclic amines) is 1. The second-order valence-corrected chi connectivity index (χ2v) is 7.83. The van der Waals surface area contributed by atoms with Gasteiger partial charge in [-0.25, -0.2) is 0 Å². The SMILES string of the molecule is O=C(c1ccc(CSc2nncn2-c2cccc(Cl)c2)cc1)N1CCCC1. The molecule has 27 heavy (non-hydrogen) atoms. The summed E-state index contributed by atoms with van der Waals surface area (Å²) in [6, 6.07) is 15.4. The third kappa shape index (κ3) is 4.17. The number of hydrogen-bond acceptors (Lipinski definition) is 4. The van der Waals surface area contributed by atoms with Gasteiger partial charge in [-0.1, -0.05) is 41.6 Å². The van der Waals surface area contributed by atoms with E-state index in [2.05, 4.69) is 10.2 Å². The lowest BCUT2D eigenvalue weighted by Gasteiger charge is -2.15. The first-order valence-corrected chi connectivity index (χ1v) is 10.2. The van der Waals surface area contributed by atoms with Gasteiger partial charge in [0.1, 0.15) is 6.33 Å². The van der Waals surface area contributed by atoms with E-state index in [0.717, 1.165) is 53.7 Å². The predicted molar refractivity (Wildman–Crippen MR) is 108 cm³/mol. The van der Waals surface area contributed by atoms with E-state index in [4.69, 9.17) is 11.6 Å². The van der Waals surface area contributed by atoms with Gasteiger partial charge in [-0.2, -0.15) is 0 Å². The minimum atomic E-state index is 0.132. The molecule has 7 heteroatoms. The minimum Gasteiger partial charge on any atom is -0.339 e. The first-order chi connectivity index (χ1) is 13.2. The van der Waals surface area contributed by atoms with Crippen molar-refractivity contribution in [3.63, 3.8) is 0 Å². The highest BCUT2D eigenvalue weighted by Gasteiger charge is 2.19. The van der Waals surface area contributed by atoms with Gasteiger partial charge < -0.3 is 4.90 Å². The fourth-order valence-corrected chi connectivity index (χ4v) is 4.19. The molecule has 1 amide bonds. The number of rotatable bonds is 5. The summed E-state index contributed by atoms with van der Waals surface area (Å²) in [4.78, 5) is 14.3. The number of carbonyl (C=O) groups is 1. The second kappa shape index (κ2) is 8.15. The highest BCUT2D eigenvalue weighted by Crippen LogP contribution is 2.25. The van der Waals surface area contributed by atoms with E-state index in [1.54, 1.807) is 18.1 Å². The summed E-state index contributed by atoms with van der Waals surface area (Å²) in [7, 11) is 0. The molecular weight excluding hydrogens is 380 g/mol. The summed E-state index contributed by atoms with van der Waals surface area (Å²) in [5.41, 5.74) is 2.83. The number of carbonyl (C=O) groups excluding carboxylic acids is 1. The molecular formula is C20H19ClN4OS. The predicted octanol–water partition coefficient (Wildman–Crippen LogP) is 4.45. The average Bonchev–Trinajstić information content (AvgIpc) is 3.38. The van der Waals surface area contributed by atoms with Gasteiger partial charge in [0.05, 0.1) is 5.69 Å². The van der Waals surface area contributed by atoms with Crippen molar-refractivity contribution in [1.29, 1.82) is 0 Å². The fraction of sp³-hybridized carbons (Fsp3) is 0.250. The van der Waals surface area contributed by atoms with Crippen molar-refractivity contribution in [1.82, 2.24) is 19.7 Å². The highest BCUT2D eigenvalue weighted by molar-refractivity contribution is 7.98. The molecule has 1 aliphatic heterocycles. The quantitative estimate of drug-likeness (QED) is 0.596. The number of thioether (sulfide) groups is 1. The maximum atomic E-state index is 12.4. The molecule has 3 aromatic rings. The smallest absolute Gasteiger partial charge is 0.253 e. The van der Waals surface area contributed by atoms with Crippen LogP contribution in [0.5, 0.6) is 0 Å². The van der Waals surface area contributed by atoms with Crippen LogP contribution in [-0.4, -0.2) is 38.7 Å². The van der Waals surface area contributed by atoms with Gasteiger partial charge in [0.25, 0.3) is 5.91 Å². The van der Waals surface area contributed by atoms with Crippen LogP contribution >= 0.6 is 23.4 Å². The molecule has 0 spiro atoms. The lowest BCUT2D eigenvalue weighted by Crippen LogP contribution is -2.27. The third-order valence-electron chi connectivity index (χ3n) is 4.56. The highest BCUT2D eigenvalue weighted by atomic mass is 35.5. The molecule has 0 bridgehead atoms. The van der Waals surface area contributed by atoms with Gasteiger partial charge in [-0.05, 0) is 48.7 Å². The lowest BCUT2D eigenvalue weighted by atomic mass is 10.1. The van der Waals surface area contributed by atoms with Crippen LogP contribution in [0, 0.1) is 0 Å². The topological polar surface area (TPSA) is 51.0 Å². The number of aromatic nitrogens is 3. The Morgan fingerprint density at radius 1 is 1.11 bits per heavy atom. The Morgan fingerprint density at radius 2 is 1.89 bits per heavy atom. The van der Waals surface area contributed by atoms with Gasteiger partial charge in [0.15, 0.2) is 5.16 Å². The van der Waals surface area contributed by atoms with E-state index in [1.807, 2.05) is 58.0 Å². The maximum Gasteiger partial charge on any atom is 0.253 e. The summed E-state index contributed by atoms with van der Waals surface area (Å²) in [5, 5.41) is 9.70. The number of benzene rings is 2. The summed E-state index contributed by atoms with van der Waals surface area (Å²) < 4.78 is 1.92. The zero-order valence-corrected chi connectivity index (χ0v) is 16.3. The Balaban J connectivity index is 1.42. The standard InChI is InChI=1S/C20H19ClN4OS/c21-17-4-3-5-18(12-17)25-14-22-23-20(25)27-13-15-6-8-16(9-7-15)19(26)24-10-1-2-11-24/h3-9,12,14H,1-2,10-11,13H2. The Morgan fingerprint density at radius 3 is 2.63 bits per heavy atom. The normalized spacial score (nSPS) is 13.9. The van der Waals surface area contributed by atoms with Crippen molar-refractivity contribution in [2.75, 3.05) is 13.1 Å². The van der Waals surface area contributed by atoms with Crippen LogP contribution < -0.4 is 0 Å². The van der Waals surface area contributed by atoms with Crippen LogP contribution in [0.1, 0.15) is 28.8 Å². The fourth-order valence-electron chi connectivity index (χ4n) is 3.12. The zero-order valence-electron chi connectivity index (χ0n) is 14.7. The Bertz CT molecular complexity index is 935. The van der Waals surface area contributed by atoms with E-state index in [9.17, 15) is 4.79 Å². The zero-order chi connectivity index (χ0) is 18.6. The minimum absolute atomic E-state index is 0.132. The molecule has 1 fully saturated rings. The first kappa shape index (κ1) is 18.1. The summed E-state index contributed by atoms with van der Waals surface area (Å²) in [5.74, 6) is 0.879. The summed E-state index contributed by atoms with van der Waals surface area (Å²) >= 11 is 7.68. The second-order valence-electron chi connectivity index (χ2n) is 6.45. The average molecular weight is 399 g/mol. The van der Waals surface area contributed by atoms with Gasteiger partial charge >= 0.3 is 0 Å². The molecule has 1 aliphatic rings. The third-order valence-corrected chi connectivity index (χ3v) is 5.81. The van der Waals surface area contributed by atoms with Crippen LogP contribution in [-0.2, 0) is 5.75 Å². The number of nitrogens with zero attached hydrogens (tertiary/aromatic N) is 4.